The van der Waals surface area contributed by atoms with E-state index in [1.54, 1.807) is 17.0 Å². The van der Waals surface area contributed by atoms with Crippen LogP contribution in [-0.4, -0.2) is 21.7 Å². The van der Waals surface area contributed by atoms with Crippen LogP contribution in [0.4, 0.5) is 0 Å². The van der Waals surface area contributed by atoms with E-state index in [1.165, 1.54) is 6.08 Å². The van der Waals surface area contributed by atoms with Crippen LogP contribution in [-0.2, 0) is 11.8 Å². The Balaban J connectivity index is 2.48. The van der Waals surface area contributed by atoms with Crippen molar-refractivity contribution < 1.29 is 4.79 Å². The zero-order valence-corrected chi connectivity index (χ0v) is 10.3. The van der Waals surface area contributed by atoms with Gasteiger partial charge in [-0.3, -0.25) is 9.48 Å². The predicted octanol–water partition coefficient (Wildman–Crippen LogP) is 1.59. The van der Waals surface area contributed by atoms with E-state index in [9.17, 15) is 4.79 Å². The molecule has 1 unspecified atom stereocenters. The highest BCUT2D eigenvalue weighted by atomic mass is 16.1. The molecule has 0 fully saturated rings. The molecule has 1 aromatic heterocycles. The van der Waals surface area contributed by atoms with Gasteiger partial charge in [-0.1, -0.05) is 13.8 Å². The van der Waals surface area contributed by atoms with Crippen molar-refractivity contribution in [1.29, 1.82) is 0 Å². The SMILES string of the molecule is CC(C)C(C)NC(=O)/C=C/c1cnn(C)c1. The van der Waals surface area contributed by atoms with Gasteiger partial charge in [0.1, 0.15) is 0 Å². The largest absolute Gasteiger partial charge is 0.350 e. The Morgan fingerprint density at radius 2 is 2.19 bits per heavy atom. The Hall–Kier alpha value is -1.58. The highest BCUT2D eigenvalue weighted by Crippen LogP contribution is 2.01. The summed E-state index contributed by atoms with van der Waals surface area (Å²) >= 11 is 0. The molecule has 1 aromatic rings. The summed E-state index contributed by atoms with van der Waals surface area (Å²) in [6, 6.07) is 0.186. The molecule has 0 saturated heterocycles. The minimum Gasteiger partial charge on any atom is -0.350 e. The summed E-state index contributed by atoms with van der Waals surface area (Å²) in [5.74, 6) is 0.376. The molecule has 1 heterocycles. The molecule has 1 atom stereocenters. The van der Waals surface area contributed by atoms with Crippen molar-refractivity contribution in [2.75, 3.05) is 0 Å². The molecule has 4 heteroatoms. The summed E-state index contributed by atoms with van der Waals surface area (Å²) in [5.41, 5.74) is 0.926. The first-order valence-electron chi connectivity index (χ1n) is 5.46. The fraction of sp³-hybridized carbons (Fsp3) is 0.500. The molecule has 0 radical (unpaired) electrons. The van der Waals surface area contributed by atoms with E-state index in [4.69, 9.17) is 0 Å². The molecule has 4 nitrogen and oxygen atoms in total. The van der Waals surface area contributed by atoms with Gasteiger partial charge in [0.25, 0.3) is 0 Å². The van der Waals surface area contributed by atoms with Crippen LogP contribution in [0.15, 0.2) is 18.5 Å². The Bertz CT molecular complexity index is 379. The van der Waals surface area contributed by atoms with Gasteiger partial charge in [0.15, 0.2) is 0 Å². The molecular formula is C12H19N3O. The molecule has 0 aliphatic rings. The molecule has 0 aromatic carbocycles. The average Bonchev–Trinajstić information content (AvgIpc) is 2.61. The summed E-state index contributed by atoms with van der Waals surface area (Å²) < 4.78 is 1.70. The lowest BCUT2D eigenvalue weighted by Gasteiger charge is -2.15. The first-order chi connectivity index (χ1) is 7.49. The third kappa shape index (κ3) is 3.88. The normalized spacial score (nSPS) is 13.3. The molecule has 0 aliphatic heterocycles. The quantitative estimate of drug-likeness (QED) is 0.785. The van der Waals surface area contributed by atoms with Crippen LogP contribution in [0.2, 0.25) is 0 Å². The highest BCUT2D eigenvalue weighted by molar-refractivity contribution is 5.91. The van der Waals surface area contributed by atoms with Crippen molar-refractivity contribution in [1.82, 2.24) is 15.1 Å². The summed E-state index contributed by atoms with van der Waals surface area (Å²) in [6.45, 7) is 6.16. The molecule has 16 heavy (non-hydrogen) atoms. The lowest BCUT2D eigenvalue weighted by Crippen LogP contribution is -2.34. The topological polar surface area (TPSA) is 46.9 Å². The Morgan fingerprint density at radius 3 is 2.69 bits per heavy atom. The van der Waals surface area contributed by atoms with Gasteiger partial charge in [-0.05, 0) is 18.9 Å². The molecule has 88 valence electrons. The number of hydrogen-bond acceptors (Lipinski definition) is 2. The van der Waals surface area contributed by atoms with Gasteiger partial charge in [0.05, 0.1) is 6.20 Å². The fourth-order valence-electron chi connectivity index (χ4n) is 1.14. The second-order valence-electron chi connectivity index (χ2n) is 4.32. The van der Waals surface area contributed by atoms with Crippen molar-refractivity contribution in [3.63, 3.8) is 0 Å². The van der Waals surface area contributed by atoms with Crippen LogP contribution in [0.25, 0.3) is 6.08 Å². The minimum atomic E-state index is -0.0648. The van der Waals surface area contributed by atoms with Crippen molar-refractivity contribution >= 4 is 12.0 Å². The van der Waals surface area contributed by atoms with Gasteiger partial charge >= 0.3 is 0 Å². The van der Waals surface area contributed by atoms with E-state index in [2.05, 4.69) is 24.3 Å². The number of carbonyl (C=O) groups is 1. The number of rotatable bonds is 4. The Kier molecular flexibility index (Phi) is 4.28. The van der Waals surface area contributed by atoms with Crippen molar-refractivity contribution in [2.45, 2.75) is 26.8 Å². The molecule has 1 N–H and O–H groups in total. The average molecular weight is 221 g/mol. The van der Waals surface area contributed by atoms with Gasteiger partial charge in [-0.25, -0.2) is 0 Å². The van der Waals surface area contributed by atoms with Crippen LogP contribution in [0, 0.1) is 5.92 Å². The molecule has 1 amide bonds. The Labute approximate surface area is 96.3 Å². The molecule has 0 aliphatic carbocycles. The smallest absolute Gasteiger partial charge is 0.244 e. The summed E-state index contributed by atoms with van der Waals surface area (Å²) in [4.78, 5) is 11.5. The minimum absolute atomic E-state index is 0.0648. The van der Waals surface area contributed by atoms with Gasteiger partial charge in [-0.2, -0.15) is 5.10 Å². The first-order valence-corrected chi connectivity index (χ1v) is 5.46. The van der Waals surface area contributed by atoms with Crippen LogP contribution >= 0.6 is 0 Å². The van der Waals surface area contributed by atoms with E-state index in [0.29, 0.717) is 5.92 Å². The molecule has 0 spiro atoms. The van der Waals surface area contributed by atoms with E-state index >= 15 is 0 Å². The third-order valence-corrected chi connectivity index (χ3v) is 2.52. The lowest BCUT2D eigenvalue weighted by atomic mass is 10.1. The Morgan fingerprint density at radius 1 is 1.50 bits per heavy atom. The zero-order chi connectivity index (χ0) is 12.1. The molecule has 1 rings (SSSR count). The molecule has 0 bridgehead atoms. The van der Waals surface area contributed by atoms with E-state index in [0.717, 1.165) is 5.56 Å². The van der Waals surface area contributed by atoms with Crippen LogP contribution < -0.4 is 5.32 Å². The van der Waals surface area contributed by atoms with Crippen LogP contribution in [0.5, 0.6) is 0 Å². The summed E-state index contributed by atoms with van der Waals surface area (Å²) in [6.07, 6.45) is 6.87. The summed E-state index contributed by atoms with van der Waals surface area (Å²) in [5, 5.41) is 6.92. The fourth-order valence-corrected chi connectivity index (χ4v) is 1.14. The number of hydrogen-bond donors (Lipinski definition) is 1. The van der Waals surface area contributed by atoms with Gasteiger partial charge in [-0.15, -0.1) is 0 Å². The predicted molar refractivity (Wildman–Crippen MR) is 64.7 cm³/mol. The van der Waals surface area contributed by atoms with Crippen LogP contribution in [0.1, 0.15) is 26.3 Å². The lowest BCUT2D eigenvalue weighted by molar-refractivity contribution is -0.117. The van der Waals surface area contributed by atoms with E-state index < -0.39 is 0 Å². The maximum Gasteiger partial charge on any atom is 0.244 e. The number of nitrogens with zero attached hydrogens (tertiary/aromatic N) is 2. The monoisotopic (exact) mass is 221 g/mol. The first kappa shape index (κ1) is 12.5. The third-order valence-electron chi connectivity index (χ3n) is 2.52. The van der Waals surface area contributed by atoms with E-state index in [1.807, 2.05) is 20.2 Å². The molecular weight excluding hydrogens is 202 g/mol. The number of aromatic nitrogens is 2. The van der Waals surface area contributed by atoms with Gasteiger partial charge in [0, 0.05) is 30.9 Å². The maximum absolute atomic E-state index is 11.5. The summed E-state index contributed by atoms with van der Waals surface area (Å²) in [7, 11) is 1.85. The van der Waals surface area contributed by atoms with Crippen molar-refractivity contribution in [3.8, 4) is 0 Å². The number of aryl methyl sites for hydroxylation is 1. The van der Waals surface area contributed by atoms with Gasteiger partial charge < -0.3 is 5.32 Å². The molecule has 0 saturated carbocycles. The van der Waals surface area contributed by atoms with Gasteiger partial charge in [0.2, 0.25) is 5.91 Å². The number of amides is 1. The standard InChI is InChI=1S/C12H19N3O/c1-9(2)10(3)14-12(16)6-5-11-7-13-15(4)8-11/h5-10H,1-4H3,(H,14,16)/b6-5+. The van der Waals surface area contributed by atoms with Crippen molar-refractivity contribution in [3.05, 3.63) is 24.0 Å². The van der Waals surface area contributed by atoms with Crippen LogP contribution in [0.3, 0.4) is 0 Å². The second-order valence-corrected chi connectivity index (χ2v) is 4.32. The highest BCUT2D eigenvalue weighted by Gasteiger charge is 2.08. The van der Waals surface area contributed by atoms with Crippen molar-refractivity contribution in [2.24, 2.45) is 13.0 Å². The van der Waals surface area contributed by atoms with E-state index in [-0.39, 0.29) is 11.9 Å². The number of carbonyl (C=O) groups excluding carboxylic acids is 1. The maximum atomic E-state index is 11.5. The second kappa shape index (κ2) is 5.49. The number of nitrogens with one attached hydrogen (secondary N) is 1. The zero-order valence-electron chi connectivity index (χ0n) is 10.3.